The molecule has 0 fully saturated rings. The van der Waals surface area contributed by atoms with E-state index in [0.717, 1.165) is 5.82 Å². The number of carbonyl (C=O) groups is 1. The molecule has 2 rings (SSSR count). The Kier molecular flexibility index (Phi) is 4.77. The minimum Gasteiger partial charge on any atom is -0.493 e. The lowest BCUT2D eigenvalue weighted by atomic mass is 10.2. The smallest absolute Gasteiger partial charge is 0.259 e. The van der Waals surface area contributed by atoms with Crippen LogP contribution < -0.4 is 15.0 Å². The minimum atomic E-state index is -0.210. The van der Waals surface area contributed by atoms with Gasteiger partial charge in [-0.3, -0.25) is 4.79 Å². The van der Waals surface area contributed by atoms with Crippen molar-refractivity contribution < 1.29 is 9.53 Å². The van der Waals surface area contributed by atoms with Crippen LogP contribution in [0.4, 0.5) is 11.5 Å². The van der Waals surface area contributed by atoms with Gasteiger partial charge in [-0.15, -0.1) is 0 Å². The highest BCUT2D eigenvalue weighted by Crippen LogP contribution is 2.20. The highest BCUT2D eigenvalue weighted by molar-refractivity contribution is 6.06. The highest BCUT2D eigenvalue weighted by Gasteiger charge is 2.12. The third-order valence-electron chi connectivity index (χ3n) is 2.90. The zero-order valence-corrected chi connectivity index (χ0v) is 12.5. The lowest BCUT2D eigenvalue weighted by molar-refractivity contribution is 0.102. The zero-order valence-electron chi connectivity index (χ0n) is 12.5. The van der Waals surface area contributed by atoms with Gasteiger partial charge in [0.2, 0.25) is 0 Å². The van der Waals surface area contributed by atoms with Crippen molar-refractivity contribution in [1.29, 1.82) is 0 Å². The third kappa shape index (κ3) is 3.72. The van der Waals surface area contributed by atoms with Crippen molar-refractivity contribution in [2.45, 2.75) is 6.92 Å². The van der Waals surface area contributed by atoms with E-state index < -0.39 is 0 Å². The summed E-state index contributed by atoms with van der Waals surface area (Å²) in [5.74, 6) is 1.21. The van der Waals surface area contributed by atoms with Gasteiger partial charge in [-0.25, -0.2) is 4.98 Å². The molecular formula is C16H19N3O2. The molecule has 0 saturated heterocycles. The van der Waals surface area contributed by atoms with Gasteiger partial charge < -0.3 is 15.0 Å². The highest BCUT2D eigenvalue weighted by atomic mass is 16.5. The molecule has 0 aliphatic heterocycles. The molecule has 0 saturated carbocycles. The van der Waals surface area contributed by atoms with Crippen molar-refractivity contribution in [2.24, 2.45) is 0 Å². The summed E-state index contributed by atoms with van der Waals surface area (Å²) in [6.45, 7) is 2.40. The number of amides is 1. The van der Waals surface area contributed by atoms with Gasteiger partial charge in [-0.05, 0) is 31.2 Å². The Hall–Kier alpha value is -2.56. The molecule has 1 amide bonds. The second-order valence-electron chi connectivity index (χ2n) is 4.68. The summed E-state index contributed by atoms with van der Waals surface area (Å²) in [4.78, 5) is 18.5. The van der Waals surface area contributed by atoms with E-state index in [9.17, 15) is 4.79 Å². The summed E-state index contributed by atoms with van der Waals surface area (Å²) in [5.41, 5.74) is 1.16. The van der Waals surface area contributed by atoms with Gasteiger partial charge in [0, 0.05) is 14.1 Å². The first-order valence-electron chi connectivity index (χ1n) is 6.78. The van der Waals surface area contributed by atoms with E-state index in [0.29, 0.717) is 23.6 Å². The van der Waals surface area contributed by atoms with Gasteiger partial charge in [-0.2, -0.15) is 0 Å². The fourth-order valence-corrected chi connectivity index (χ4v) is 1.86. The predicted molar refractivity (Wildman–Crippen MR) is 84.1 cm³/mol. The largest absolute Gasteiger partial charge is 0.493 e. The van der Waals surface area contributed by atoms with E-state index in [1.54, 1.807) is 18.3 Å². The van der Waals surface area contributed by atoms with Crippen LogP contribution in [0, 0.1) is 0 Å². The molecule has 1 aromatic heterocycles. The molecular weight excluding hydrogens is 266 g/mol. The Morgan fingerprint density at radius 3 is 2.62 bits per heavy atom. The van der Waals surface area contributed by atoms with E-state index in [4.69, 9.17) is 4.74 Å². The average molecular weight is 285 g/mol. The molecule has 0 radical (unpaired) electrons. The van der Waals surface area contributed by atoms with Crippen molar-refractivity contribution in [2.75, 3.05) is 30.9 Å². The van der Waals surface area contributed by atoms with Crippen LogP contribution in [0.25, 0.3) is 0 Å². The molecule has 0 unspecified atom stereocenters. The number of pyridine rings is 1. The van der Waals surface area contributed by atoms with Crippen LogP contribution in [-0.2, 0) is 0 Å². The second kappa shape index (κ2) is 6.74. The summed E-state index contributed by atoms with van der Waals surface area (Å²) in [6, 6.07) is 10.8. The number of benzene rings is 1. The van der Waals surface area contributed by atoms with Gasteiger partial charge in [0.05, 0.1) is 24.1 Å². The normalized spacial score (nSPS) is 10.0. The van der Waals surface area contributed by atoms with Crippen LogP contribution in [0.3, 0.4) is 0 Å². The topological polar surface area (TPSA) is 54.5 Å². The van der Waals surface area contributed by atoms with Crippen LogP contribution >= 0.6 is 0 Å². The Bertz CT molecular complexity index is 609. The number of para-hydroxylation sites is 1. The van der Waals surface area contributed by atoms with Crippen molar-refractivity contribution in [3.63, 3.8) is 0 Å². The molecule has 5 nitrogen and oxygen atoms in total. The van der Waals surface area contributed by atoms with E-state index >= 15 is 0 Å². The lowest BCUT2D eigenvalue weighted by Gasteiger charge is -2.12. The number of nitrogens with one attached hydrogen (secondary N) is 1. The van der Waals surface area contributed by atoms with Gasteiger partial charge in [0.15, 0.2) is 0 Å². The number of ether oxygens (including phenoxy) is 1. The fourth-order valence-electron chi connectivity index (χ4n) is 1.86. The van der Waals surface area contributed by atoms with E-state index in [2.05, 4.69) is 10.3 Å². The quantitative estimate of drug-likeness (QED) is 0.917. The first-order chi connectivity index (χ1) is 10.1. The summed E-state index contributed by atoms with van der Waals surface area (Å²) in [7, 11) is 3.83. The Morgan fingerprint density at radius 1 is 1.24 bits per heavy atom. The van der Waals surface area contributed by atoms with Gasteiger partial charge in [-0.1, -0.05) is 12.1 Å². The maximum absolute atomic E-state index is 12.3. The molecule has 0 spiro atoms. The first-order valence-corrected chi connectivity index (χ1v) is 6.78. The second-order valence-corrected chi connectivity index (χ2v) is 4.68. The molecule has 2 aromatic rings. The van der Waals surface area contributed by atoms with Crippen LogP contribution in [0.5, 0.6) is 5.75 Å². The summed E-state index contributed by atoms with van der Waals surface area (Å²) in [6.07, 6.45) is 1.64. The van der Waals surface area contributed by atoms with Crippen molar-refractivity contribution in [3.8, 4) is 5.75 Å². The molecule has 1 aromatic carbocycles. The fraction of sp³-hybridized carbons (Fsp3) is 0.250. The molecule has 0 atom stereocenters. The first kappa shape index (κ1) is 14.8. The Balaban J connectivity index is 2.14. The number of carbonyl (C=O) groups excluding carboxylic acids is 1. The van der Waals surface area contributed by atoms with E-state index in [1.807, 2.05) is 50.2 Å². The Labute approximate surface area is 124 Å². The van der Waals surface area contributed by atoms with Gasteiger partial charge in [0.1, 0.15) is 11.6 Å². The van der Waals surface area contributed by atoms with Crippen LogP contribution in [-0.4, -0.2) is 31.6 Å². The summed E-state index contributed by atoms with van der Waals surface area (Å²) in [5, 5.41) is 2.82. The number of aromatic nitrogens is 1. The molecule has 0 aliphatic rings. The maximum atomic E-state index is 12.3. The molecule has 110 valence electrons. The number of rotatable bonds is 5. The van der Waals surface area contributed by atoms with Gasteiger partial charge in [0.25, 0.3) is 5.91 Å². The third-order valence-corrected chi connectivity index (χ3v) is 2.90. The predicted octanol–water partition coefficient (Wildman–Crippen LogP) is 2.80. The minimum absolute atomic E-state index is 0.210. The summed E-state index contributed by atoms with van der Waals surface area (Å²) < 4.78 is 5.46. The van der Waals surface area contributed by atoms with Crippen LogP contribution in [0.15, 0.2) is 42.6 Å². The molecule has 5 heteroatoms. The SMILES string of the molecule is CCOc1ccccc1C(=O)Nc1ccc(N(C)C)nc1. The number of hydrogen-bond donors (Lipinski definition) is 1. The van der Waals surface area contributed by atoms with Crippen molar-refractivity contribution in [3.05, 3.63) is 48.2 Å². The number of nitrogens with zero attached hydrogens (tertiary/aromatic N) is 2. The van der Waals surface area contributed by atoms with E-state index in [-0.39, 0.29) is 5.91 Å². The standard InChI is InChI=1S/C16H19N3O2/c1-4-21-14-8-6-5-7-13(14)16(20)18-12-9-10-15(17-11-12)19(2)3/h5-11H,4H2,1-3H3,(H,18,20). The van der Waals surface area contributed by atoms with Crippen LogP contribution in [0.2, 0.25) is 0 Å². The average Bonchev–Trinajstić information content (AvgIpc) is 2.48. The van der Waals surface area contributed by atoms with Gasteiger partial charge >= 0.3 is 0 Å². The van der Waals surface area contributed by atoms with Crippen molar-refractivity contribution >= 4 is 17.4 Å². The number of hydrogen-bond acceptors (Lipinski definition) is 4. The molecule has 21 heavy (non-hydrogen) atoms. The van der Waals surface area contributed by atoms with Crippen molar-refractivity contribution in [1.82, 2.24) is 4.98 Å². The number of anilines is 2. The Morgan fingerprint density at radius 2 is 2.00 bits per heavy atom. The van der Waals surface area contributed by atoms with Crippen LogP contribution in [0.1, 0.15) is 17.3 Å². The molecule has 1 heterocycles. The molecule has 1 N–H and O–H groups in total. The lowest BCUT2D eigenvalue weighted by Crippen LogP contribution is -2.14. The zero-order chi connectivity index (χ0) is 15.2. The summed E-state index contributed by atoms with van der Waals surface area (Å²) >= 11 is 0. The monoisotopic (exact) mass is 285 g/mol. The maximum Gasteiger partial charge on any atom is 0.259 e. The van der Waals surface area contributed by atoms with E-state index in [1.165, 1.54) is 0 Å². The molecule has 0 bridgehead atoms. The molecule has 0 aliphatic carbocycles.